The molecule has 0 aromatic heterocycles. The summed E-state index contributed by atoms with van der Waals surface area (Å²) in [6.07, 6.45) is 9.02. The van der Waals surface area contributed by atoms with Gasteiger partial charge in [0.2, 0.25) is 0 Å². The SMILES string of the molecule is OC1C=C(C2CC3(CCC3)C2)CNC1. The summed E-state index contributed by atoms with van der Waals surface area (Å²) in [4.78, 5) is 0. The lowest BCUT2D eigenvalue weighted by Gasteiger charge is -2.55. The molecule has 0 bridgehead atoms. The molecular weight excluding hydrogens is 174 g/mol. The van der Waals surface area contributed by atoms with Crippen LogP contribution in [0.3, 0.4) is 0 Å². The van der Waals surface area contributed by atoms with E-state index in [9.17, 15) is 5.11 Å². The molecule has 1 heterocycles. The maximum absolute atomic E-state index is 9.51. The summed E-state index contributed by atoms with van der Waals surface area (Å²) in [5.41, 5.74) is 2.23. The van der Waals surface area contributed by atoms with E-state index in [2.05, 4.69) is 11.4 Å². The molecule has 2 aliphatic carbocycles. The molecule has 78 valence electrons. The van der Waals surface area contributed by atoms with E-state index < -0.39 is 0 Å². The highest BCUT2D eigenvalue weighted by atomic mass is 16.3. The molecule has 2 nitrogen and oxygen atoms in total. The Bertz CT molecular complexity index is 259. The highest BCUT2D eigenvalue weighted by molar-refractivity contribution is 5.20. The predicted molar refractivity (Wildman–Crippen MR) is 56.0 cm³/mol. The van der Waals surface area contributed by atoms with Crippen LogP contribution in [0.2, 0.25) is 0 Å². The van der Waals surface area contributed by atoms with E-state index in [0.29, 0.717) is 0 Å². The van der Waals surface area contributed by atoms with Crippen molar-refractivity contribution in [3.05, 3.63) is 11.6 Å². The molecule has 2 saturated carbocycles. The van der Waals surface area contributed by atoms with Crippen LogP contribution in [0.1, 0.15) is 32.1 Å². The minimum absolute atomic E-state index is 0.239. The monoisotopic (exact) mass is 193 g/mol. The molecule has 1 aliphatic heterocycles. The van der Waals surface area contributed by atoms with E-state index in [0.717, 1.165) is 24.4 Å². The number of nitrogens with one attached hydrogen (secondary N) is 1. The molecule has 14 heavy (non-hydrogen) atoms. The van der Waals surface area contributed by atoms with E-state index in [-0.39, 0.29) is 6.10 Å². The zero-order valence-corrected chi connectivity index (χ0v) is 8.63. The largest absolute Gasteiger partial charge is 0.388 e. The maximum atomic E-state index is 9.51. The molecule has 0 saturated heterocycles. The zero-order chi connectivity index (χ0) is 9.60. The van der Waals surface area contributed by atoms with Crippen LogP contribution in [-0.2, 0) is 0 Å². The number of β-amino-alcohol motifs (C(OH)–C–C–N with tert-alkyl or cyclic N) is 1. The summed E-state index contributed by atoms with van der Waals surface area (Å²) in [7, 11) is 0. The Morgan fingerprint density at radius 2 is 2.14 bits per heavy atom. The van der Waals surface area contributed by atoms with Crippen molar-refractivity contribution in [3.63, 3.8) is 0 Å². The molecule has 2 heteroatoms. The smallest absolute Gasteiger partial charge is 0.0848 e. The van der Waals surface area contributed by atoms with Crippen LogP contribution >= 0.6 is 0 Å². The summed E-state index contributed by atoms with van der Waals surface area (Å²) in [6.45, 7) is 1.75. The number of hydrogen-bond acceptors (Lipinski definition) is 2. The van der Waals surface area contributed by atoms with Crippen LogP contribution < -0.4 is 5.32 Å². The van der Waals surface area contributed by atoms with E-state index in [4.69, 9.17) is 0 Å². The van der Waals surface area contributed by atoms with Gasteiger partial charge < -0.3 is 10.4 Å². The zero-order valence-electron chi connectivity index (χ0n) is 8.63. The van der Waals surface area contributed by atoms with Gasteiger partial charge in [0.1, 0.15) is 0 Å². The third-order valence-electron chi connectivity index (χ3n) is 4.39. The van der Waals surface area contributed by atoms with Crippen LogP contribution in [0.4, 0.5) is 0 Å². The van der Waals surface area contributed by atoms with Crippen molar-refractivity contribution < 1.29 is 5.11 Å². The van der Waals surface area contributed by atoms with Crippen molar-refractivity contribution in [2.45, 2.75) is 38.2 Å². The summed E-state index contributed by atoms with van der Waals surface area (Å²) in [5, 5.41) is 12.8. The molecular formula is C12H19NO. The highest BCUT2D eigenvalue weighted by Crippen LogP contribution is 2.60. The van der Waals surface area contributed by atoms with Gasteiger partial charge in [-0.05, 0) is 37.0 Å². The number of hydrogen-bond donors (Lipinski definition) is 2. The lowest BCUT2D eigenvalue weighted by atomic mass is 9.50. The Hall–Kier alpha value is -0.340. The second-order valence-electron chi connectivity index (χ2n) is 5.40. The Labute approximate surface area is 85.4 Å². The van der Waals surface area contributed by atoms with Gasteiger partial charge in [-0.3, -0.25) is 0 Å². The Morgan fingerprint density at radius 1 is 1.36 bits per heavy atom. The van der Waals surface area contributed by atoms with Gasteiger partial charge in [-0.25, -0.2) is 0 Å². The van der Waals surface area contributed by atoms with Gasteiger partial charge in [0.05, 0.1) is 6.10 Å². The first-order valence-corrected chi connectivity index (χ1v) is 5.87. The molecule has 0 amide bonds. The molecule has 1 unspecified atom stereocenters. The van der Waals surface area contributed by atoms with E-state index in [1.165, 1.54) is 37.7 Å². The standard InChI is InChI=1S/C12H19NO/c14-11-4-9(7-13-8-11)10-5-12(6-10)2-1-3-12/h4,10-11,13-14H,1-3,5-8H2. The Balaban J connectivity index is 1.62. The average Bonchev–Trinajstić information content (AvgIpc) is 1.98. The van der Waals surface area contributed by atoms with Gasteiger partial charge in [-0.15, -0.1) is 0 Å². The van der Waals surface area contributed by atoms with Gasteiger partial charge in [0, 0.05) is 13.1 Å². The Morgan fingerprint density at radius 3 is 2.71 bits per heavy atom. The fraction of sp³-hybridized carbons (Fsp3) is 0.833. The molecule has 0 aromatic carbocycles. The topological polar surface area (TPSA) is 32.3 Å². The van der Waals surface area contributed by atoms with Gasteiger partial charge >= 0.3 is 0 Å². The first-order chi connectivity index (χ1) is 6.77. The van der Waals surface area contributed by atoms with E-state index >= 15 is 0 Å². The van der Waals surface area contributed by atoms with Gasteiger partial charge in [-0.1, -0.05) is 18.1 Å². The average molecular weight is 193 g/mol. The summed E-state index contributed by atoms with van der Waals surface area (Å²) >= 11 is 0. The molecule has 3 rings (SSSR count). The number of rotatable bonds is 1. The Kier molecular flexibility index (Phi) is 1.96. The van der Waals surface area contributed by atoms with E-state index in [1.807, 2.05) is 0 Å². The quantitative estimate of drug-likeness (QED) is 0.618. The fourth-order valence-electron chi connectivity index (χ4n) is 3.34. The molecule has 2 fully saturated rings. The summed E-state index contributed by atoms with van der Waals surface area (Å²) in [5.74, 6) is 0.790. The van der Waals surface area contributed by atoms with Crippen molar-refractivity contribution in [2.24, 2.45) is 11.3 Å². The van der Waals surface area contributed by atoms with Crippen LogP contribution in [0.25, 0.3) is 0 Å². The number of aliphatic hydroxyl groups is 1. The van der Waals surface area contributed by atoms with Crippen LogP contribution in [0.15, 0.2) is 11.6 Å². The van der Waals surface area contributed by atoms with Gasteiger partial charge in [0.15, 0.2) is 0 Å². The fourth-order valence-corrected chi connectivity index (χ4v) is 3.34. The lowest BCUT2D eigenvalue weighted by molar-refractivity contribution is -0.0108. The molecule has 1 atom stereocenters. The molecule has 3 aliphatic rings. The van der Waals surface area contributed by atoms with Crippen molar-refractivity contribution in [1.82, 2.24) is 5.32 Å². The first kappa shape index (κ1) is 8.93. The minimum atomic E-state index is -0.239. The van der Waals surface area contributed by atoms with Gasteiger partial charge in [-0.2, -0.15) is 0 Å². The second-order valence-corrected chi connectivity index (χ2v) is 5.40. The first-order valence-electron chi connectivity index (χ1n) is 5.87. The molecule has 0 aromatic rings. The highest BCUT2D eigenvalue weighted by Gasteiger charge is 2.48. The lowest BCUT2D eigenvalue weighted by Crippen LogP contribution is -2.46. The second kappa shape index (κ2) is 3.07. The minimum Gasteiger partial charge on any atom is -0.388 e. The summed E-state index contributed by atoms with van der Waals surface area (Å²) in [6, 6.07) is 0. The molecule has 2 N–H and O–H groups in total. The van der Waals surface area contributed by atoms with Crippen LogP contribution in [-0.4, -0.2) is 24.3 Å². The van der Waals surface area contributed by atoms with Crippen molar-refractivity contribution in [1.29, 1.82) is 0 Å². The molecule has 0 radical (unpaired) electrons. The normalized spacial score (nSPS) is 36.1. The van der Waals surface area contributed by atoms with Crippen molar-refractivity contribution in [2.75, 3.05) is 13.1 Å². The van der Waals surface area contributed by atoms with Crippen molar-refractivity contribution >= 4 is 0 Å². The van der Waals surface area contributed by atoms with Crippen molar-refractivity contribution in [3.8, 4) is 0 Å². The third-order valence-corrected chi connectivity index (χ3v) is 4.39. The molecule has 1 spiro atoms. The maximum Gasteiger partial charge on any atom is 0.0848 e. The summed E-state index contributed by atoms with van der Waals surface area (Å²) < 4.78 is 0. The van der Waals surface area contributed by atoms with Crippen LogP contribution in [0, 0.1) is 11.3 Å². The number of aliphatic hydroxyl groups excluding tert-OH is 1. The van der Waals surface area contributed by atoms with E-state index in [1.54, 1.807) is 0 Å². The predicted octanol–water partition coefficient (Wildman–Crippen LogP) is 1.46. The van der Waals surface area contributed by atoms with Crippen LogP contribution in [0.5, 0.6) is 0 Å². The third kappa shape index (κ3) is 1.32. The van der Waals surface area contributed by atoms with Gasteiger partial charge in [0.25, 0.3) is 0 Å².